The van der Waals surface area contributed by atoms with Crippen molar-refractivity contribution in [3.8, 4) is 0 Å². The van der Waals surface area contributed by atoms with Crippen molar-refractivity contribution in [3.05, 3.63) is 34.3 Å². The molecule has 0 saturated heterocycles. The molecule has 0 fully saturated rings. The number of carbonyl (C=O) groups is 1. The van der Waals surface area contributed by atoms with Crippen molar-refractivity contribution in [1.29, 1.82) is 0 Å². The van der Waals surface area contributed by atoms with Gasteiger partial charge in [0.1, 0.15) is 0 Å². The number of nitrogens with two attached hydrogens (primary N) is 1. The molecule has 1 rings (SSSR count). The first-order chi connectivity index (χ1) is 6.74. The molecule has 3 N–H and O–H groups in total. The van der Waals surface area contributed by atoms with Crippen LogP contribution in [0.1, 0.15) is 10.4 Å². The predicted octanol–water partition coefficient (Wildman–Crippen LogP) is 1.07. The topological polar surface area (TPSA) is 64.3 Å². The molecule has 0 aromatic heterocycles. The summed E-state index contributed by atoms with van der Waals surface area (Å²) in [5.41, 5.74) is 0.608. The Morgan fingerprint density at radius 1 is 1.57 bits per heavy atom. The first-order valence-corrected chi connectivity index (χ1v) is 4.89. The first-order valence-electron chi connectivity index (χ1n) is 4.09. The normalized spacial score (nSPS) is 9.86. The Hall–Kier alpha value is -0.910. The van der Waals surface area contributed by atoms with Crippen LogP contribution in [0.4, 0.5) is 0 Å². The highest BCUT2D eigenvalue weighted by Gasteiger charge is 2.03. The standard InChI is InChI=1S/C9H11BrN2O2/c10-8-3-1-2-7(6-8)9(13)12-4-5-14-11/h1-3,6H,4-5,11H2,(H,12,13). The fourth-order valence-corrected chi connectivity index (χ4v) is 1.35. The van der Waals surface area contributed by atoms with Crippen LogP contribution in [0.25, 0.3) is 0 Å². The van der Waals surface area contributed by atoms with Gasteiger partial charge < -0.3 is 10.2 Å². The average molecular weight is 259 g/mol. The molecule has 14 heavy (non-hydrogen) atoms. The van der Waals surface area contributed by atoms with E-state index in [2.05, 4.69) is 26.1 Å². The Morgan fingerprint density at radius 3 is 3.00 bits per heavy atom. The summed E-state index contributed by atoms with van der Waals surface area (Å²) in [5.74, 6) is 4.68. The van der Waals surface area contributed by atoms with Crippen LogP contribution in [0.3, 0.4) is 0 Å². The number of rotatable bonds is 4. The van der Waals surface area contributed by atoms with Crippen LogP contribution in [0.15, 0.2) is 28.7 Å². The maximum Gasteiger partial charge on any atom is 0.251 e. The summed E-state index contributed by atoms with van der Waals surface area (Å²) in [4.78, 5) is 15.8. The number of amides is 1. The van der Waals surface area contributed by atoms with Crippen LogP contribution in [-0.4, -0.2) is 19.1 Å². The number of carbonyl (C=O) groups excluding carboxylic acids is 1. The third-order valence-corrected chi connectivity index (χ3v) is 2.09. The highest BCUT2D eigenvalue weighted by atomic mass is 79.9. The molecular formula is C9H11BrN2O2. The van der Waals surface area contributed by atoms with Gasteiger partial charge in [0, 0.05) is 16.6 Å². The number of nitrogens with one attached hydrogen (secondary N) is 1. The molecule has 0 aliphatic rings. The number of hydrogen-bond acceptors (Lipinski definition) is 3. The van der Waals surface area contributed by atoms with E-state index in [9.17, 15) is 4.79 Å². The van der Waals surface area contributed by atoms with Gasteiger partial charge in [-0.25, -0.2) is 5.90 Å². The summed E-state index contributed by atoms with van der Waals surface area (Å²) in [6.07, 6.45) is 0. The molecule has 5 heteroatoms. The second-order valence-electron chi connectivity index (χ2n) is 2.64. The van der Waals surface area contributed by atoms with Crippen molar-refractivity contribution < 1.29 is 9.63 Å². The van der Waals surface area contributed by atoms with Crippen molar-refractivity contribution in [2.75, 3.05) is 13.2 Å². The lowest BCUT2D eigenvalue weighted by atomic mass is 10.2. The van der Waals surface area contributed by atoms with Crippen molar-refractivity contribution in [1.82, 2.24) is 5.32 Å². The Morgan fingerprint density at radius 2 is 2.36 bits per heavy atom. The molecular weight excluding hydrogens is 248 g/mol. The monoisotopic (exact) mass is 258 g/mol. The molecule has 0 spiro atoms. The fourth-order valence-electron chi connectivity index (χ4n) is 0.955. The van der Waals surface area contributed by atoms with E-state index in [1.54, 1.807) is 18.2 Å². The molecule has 1 aromatic carbocycles. The summed E-state index contributed by atoms with van der Waals surface area (Å²) in [6, 6.07) is 7.15. The van der Waals surface area contributed by atoms with Crippen LogP contribution in [0, 0.1) is 0 Å². The maximum absolute atomic E-state index is 11.4. The molecule has 0 atom stereocenters. The second-order valence-corrected chi connectivity index (χ2v) is 3.55. The first kappa shape index (κ1) is 11.2. The molecule has 0 aliphatic heterocycles. The Kier molecular flexibility index (Phi) is 4.58. The molecule has 0 aliphatic carbocycles. The highest BCUT2D eigenvalue weighted by Crippen LogP contribution is 2.11. The predicted molar refractivity (Wildman–Crippen MR) is 56.6 cm³/mol. The summed E-state index contributed by atoms with van der Waals surface area (Å²) in [7, 11) is 0. The van der Waals surface area contributed by atoms with Crippen LogP contribution >= 0.6 is 15.9 Å². The number of hydrogen-bond donors (Lipinski definition) is 2. The van der Waals surface area contributed by atoms with Gasteiger partial charge in [-0.3, -0.25) is 4.79 Å². The molecule has 0 radical (unpaired) electrons. The maximum atomic E-state index is 11.4. The molecule has 76 valence electrons. The summed E-state index contributed by atoms with van der Waals surface area (Å²) in [6.45, 7) is 0.710. The molecule has 4 nitrogen and oxygen atoms in total. The SMILES string of the molecule is NOCCNC(=O)c1cccc(Br)c1. The van der Waals surface area contributed by atoms with Gasteiger partial charge in [0.05, 0.1) is 6.61 Å². The quantitative estimate of drug-likeness (QED) is 0.628. The summed E-state index contributed by atoms with van der Waals surface area (Å²) >= 11 is 3.29. The third-order valence-electron chi connectivity index (χ3n) is 1.59. The van der Waals surface area contributed by atoms with Gasteiger partial charge in [-0.05, 0) is 18.2 Å². The largest absolute Gasteiger partial charge is 0.350 e. The third kappa shape index (κ3) is 3.45. The molecule has 0 bridgehead atoms. The smallest absolute Gasteiger partial charge is 0.251 e. The van der Waals surface area contributed by atoms with E-state index in [-0.39, 0.29) is 5.91 Å². The molecule has 0 heterocycles. The van der Waals surface area contributed by atoms with Crippen LogP contribution < -0.4 is 11.2 Å². The van der Waals surface area contributed by atoms with Crippen LogP contribution in [0.5, 0.6) is 0 Å². The van der Waals surface area contributed by atoms with E-state index in [1.165, 1.54) is 0 Å². The van der Waals surface area contributed by atoms with E-state index >= 15 is 0 Å². The van der Waals surface area contributed by atoms with E-state index in [0.29, 0.717) is 18.7 Å². The summed E-state index contributed by atoms with van der Waals surface area (Å²) < 4.78 is 0.875. The van der Waals surface area contributed by atoms with Crippen molar-refractivity contribution in [2.45, 2.75) is 0 Å². The molecule has 0 unspecified atom stereocenters. The summed E-state index contributed by atoms with van der Waals surface area (Å²) in [5, 5.41) is 2.66. The van der Waals surface area contributed by atoms with Gasteiger partial charge in [-0.1, -0.05) is 22.0 Å². The lowest BCUT2D eigenvalue weighted by Crippen LogP contribution is -2.27. The van der Waals surface area contributed by atoms with E-state index in [0.717, 1.165) is 4.47 Å². The van der Waals surface area contributed by atoms with Gasteiger partial charge in [0.25, 0.3) is 5.91 Å². The minimum Gasteiger partial charge on any atom is -0.350 e. The zero-order valence-electron chi connectivity index (χ0n) is 7.50. The van der Waals surface area contributed by atoms with E-state index in [4.69, 9.17) is 5.90 Å². The molecule has 0 saturated carbocycles. The van der Waals surface area contributed by atoms with Gasteiger partial charge in [-0.2, -0.15) is 0 Å². The Bertz CT molecular complexity index is 317. The number of halogens is 1. The molecule has 1 aromatic rings. The second kappa shape index (κ2) is 5.74. The minimum absolute atomic E-state index is 0.136. The van der Waals surface area contributed by atoms with Gasteiger partial charge in [0.15, 0.2) is 0 Å². The highest BCUT2D eigenvalue weighted by molar-refractivity contribution is 9.10. The fraction of sp³-hybridized carbons (Fsp3) is 0.222. The minimum atomic E-state index is -0.136. The lowest BCUT2D eigenvalue weighted by Gasteiger charge is -2.03. The zero-order valence-corrected chi connectivity index (χ0v) is 9.08. The number of benzene rings is 1. The van der Waals surface area contributed by atoms with Gasteiger partial charge in [0.2, 0.25) is 0 Å². The van der Waals surface area contributed by atoms with Crippen LogP contribution in [0.2, 0.25) is 0 Å². The lowest BCUT2D eigenvalue weighted by molar-refractivity contribution is 0.0917. The van der Waals surface area contributed by atoms with Gasteiger partial charge >= 0.3 is 0 Å². The average Bonchev–Trinajstić information content (AvgIpc) is 2.18. The van der Waals surface area contributed by atoms with Gasteiger partial charge in [-0.15, -0.1) is 0 Å². The van der Waals surface area contributed by atoms with Crippen LogP contribution in [-0.2, 0) is 4.84 Å². The Balaban J connectivity index is 2.52. The van der Waals surface area contributed by atoms with Crippen molar-refractivity contribution >= 4 is 21.8 Å². The van der Waals surface area contributed by atoms with Crippen molar-refractivity contribution in [3.63, 3.8) is 0 Å². The van der Waals surface area contributed by atoms with E-state index < -0.39 is 0 Å². The Labute approximate surface area is 90.5 Å². The van der Waals surface area contributed by atoms with Crippen molar-refractivity contribution in [2.24, 2.45) is 5.90 Å². The van der Waals surface area contributed by atoms with E-state index in [1.807, 2.05) is 6.07 Å². The molecule has 1 amide bonds. The zero-order chi connectivity index (χ0) is 10.4.